The molecule has 0 atom stereocenters. The van der Waals surface area contributed by atoms with Gasteiger partial charge < -0.3 is 10.0 Å². The van der Waals surface area contributed by atoms with Crippen LogP contribution < -0.4 is 0 Å². The molecule has 0 radical (unpaired) electrons. The second-order valence-electron chi connectivity index (χ2n) is 6.12. The number of carbonyl (C=O) groups is 2. The van der Waals surface area contributed by atoms with Gasteiger partial charge in [0.25, 0.3) is 5.91 Å². The molecule has 1 aromatic heterocycles. The van der Waals surface area contributed by atoms with Gasteiger partial charge in [-0.3, -0.25) is 14.4 Å². The zero-order valence-electron chi connectivity index (χ0n) is 14.2. The number of halogens is 2. The van der Waals surface area contributed by atoms with Crippen molar-refractivity contribution in [1.82, 2.24) is 19.6 Å². The lowest BCUT2D eigenvalue weighted by Crippen LogP contribution is -2.48. The lowest BCUT2D eigenvalue weighted by Gasteiger charge is -2.34. The molecular weight excluding hydrogens is 346 g/mol. The van der Waals surface area contributed by atoms with Crippen molar-refractivity contribution in [1.29, 1.82) is 0 Å². The fourth-order valence-electron chi connectivity index (χ4n) is 3.04. The normalized spacial score (nSPS) is 15.3. The summed E-state index contributed by atoms with van der Waals surface area (Å²) in [6, 6.07) is 4.07. The van der Waals surface area contributed by atoms with E-state index in [1.54, 1.807) is 4.90 Å². The zero-order chi connectivity index (χ0) is 18.8. The van der Waals surface area contributed by atoms with Crippen LogP contribution in [-0.4, -0.2) is 62.7 Å². The van der Waals surface area contributed by atoms with Crippen molar-refractivity contribution in [2.45, 2.75) is 6.54 Å². The van der Waals surface area contributed by atoms with Crippen molar-refractivity contribution >= 4 is 11.9 Å². The molecule has 1 aromatic carbocycles. The average molecular weight is 364 g/mol. The molecule has 26 heavy (non-hydrogen) atoms. The fraction of sp³-hybridized carbons (Fsp3) is 0.353. The maximum Gasteiger partial charge on any atom is 0.354 e. The Balaban J connectivity index is 1.64. The molecule has 2 aromatic rings. The summed E-state index contributed by atoms with van der Waals surface area (Å²) >= 11 is 0. The molecule has 0 unspecified atom stereocenters. The van der Waals surface area contributed by atoms with Crippen LogP contribution in [0.2, 0.25) is 0 Å². The summed E-state index contributed by atoms with van der Waals surface area (Å²) < 4.78 is 28.2. The first-order valence-electron chi connectivity index (χ1n) is 8.08. The SMILES string of the molecule is Cn1ncc(C(=O)N2CCN(Cc3cccc(F)c3F)CC2)c1C(=O)O. The van der Waals surface area contributed by atoms with E-state index in [2.05, 4.69) is 5.10 Å². The molecule has 1 aliphatic rings. The molecule has 2 heterocycles. The highest BCUT2D eigenvalue weighted by atomic mass is 19.2. The summed E-state index contributed by atoms with van der Waals surface area (Å²) in [4.78, 5) is 27.3. The number of piperazine rings is 1. The molecule has 0 spiro atoms. The maximum atomic E-state index is 13.8. The van der Waals surface area contributed by atoms with Crippen LogP contribution in [0.15, 0.2) is 24.4 Å². The number of aromatic carboxylic acids is 1. The van der Waals surface area contributed by atoms with Gasteiger partial charge in [0.05, 0.1) is 11.8 Å². The number of amides is 1. The number of carboxylic acid groups (broad SMARTS) is 1. The van der Waals surface area contributed by atoms with E-state index in [4.69, 9.17) is 0 Å². The molecule has 7 nitrogen and oxygen atoms in total. The summed E-state index contributed by atoms with van der Waals surface area (Å²) in [5.74, 6) is -3.35. The third-order valence-corrected chi connectivity index (χ3v) is 4.46. The van der Waals surface area contributed by atoms with Crippen molar-refractivity contribution in [3.05, 3.63) is 52.9 Å². The summed E-state index contributed by atoms with van der Waals surface area (Å²) in [6.45, 7) is 1.93. The Morgan fingerprint density at radius 3 is 2.54 bits per heavy atom. The van der Waals surface area contributed by atoms with Gasteiger partial charge in [-0.15, -0.1) is 0 Å². The molecule has 1 fully saturated rings. The van der Waals surface area contributed by atoms with E-state index in [-0.39, 0.29) is 23.4 Å². The third-order valence-electron chi connectivity index (χ3n) is 4.46. The van der Waals surface area contributed by atoms with Crippen LogP contribution in [0.1, 0.15) is 26.4 Å². The predicted molar refractivity (Wildman–Crippen MR) is 87.7 cm³/mol. The highest BCUT2D eigenvalue weighted by molar-refractivity contribution is 6.03. The quantitative estimate of drug-likeness (QED) is 0.886. The second kappa shape index (κ2) is 7.20. The Morgan fingerprint density at radius 2 is 1.88 bits per heavy atom. The van der Waals surface area contributed by atoms with Gasteiger partial charge in [0.15, 0.2) is 17.3 Å². The largest absolute Gasteiger partial charge is 0.477 e. The molecule has 9 heteroatoms. The monoisotopic (exact) mass is 364 g/mol. The molecule has 1 N–H and O–H groups in total. The number of benzene rings is 1. The highest BCUT2D eigenvalue weighted by Crippen LogP contribution is 2.17. The van der Waals surface area contributed by atoms with Gasteiger partial charge in [-0.25, -0.2) is 13.6 Å². The van der Waals surface area contributed by atoms with E-state index in [9.17, 15) is 23.5 Å². The highest BCUT2D eigenvalue weighted by Gasteiger charge is 2.28. The van der Waals surface area contributed by atoms with Crippen molar-refractivity contribution < 1.29 is 23.5 Å². The molecule has 138 valence electrons. The Labute approximate surface area is 148 Å². The van der Waals surface area contributed by atoms with Gasteiger partial charge in [0.1, 0.15) is 0 Å². The smallest absolute Gasteiger partial charge is 0.354 e. The number of carbonyl (C=O) groups excluding carboxylic acids is 1. The minimum Gasteiger partial charge on any atom is -0.477 e. The topological polar surface area (TPSA) is 78.7 Å². The lowest BCUT2D eigenvalue weighted by atomic mass is 10.1. The fourth-order valence-corrected chi connectivity index (χ4v) is 3.04. The summed E-state index contributed by atoms with van der Waals surface area (Å²) in [6.07, 6.45) is 1.25. The predicted octanol–water partition coefficient (Wildman–Crippen LogP) is 1.35. The number of hydrogen-bond acceptors (Lipinski definition) is 4. The van der Waals surface area contributed by atoms with Crippen molar-refractivity contribution in [2.24, 2.45) is 7.05 Å². The van der Waals surface area contributed by atoms with E-state index >= 15 is 0 Å². The van der Waals surface area contributed by atoms with Crippen LogP contribution in [0.5, 0.6) is 0 Å². The molecule has 0 aliphatic carbocycles. The van der Waals surface area contributed by atoms with Gasteiger partial charge in [0, 0.05) is 45.3 Å². The van der Waals surface area contributed by atoms with Crippen molar-refractivity contribution in [2.75, 3.05) is 26.2 Å². The Hall–Kier alpha value is -2.81. The number of nitrogens with zero attached hydrogens (tertiary/aromatic N) is 4. The molecule has 1 aliphatic heterocycles. The minimum atomic E-state index is -1.21. The van der Waals surface area contributed by atoms with Gasteiger partial charge in [-0.1, -0.05) is 12.1 Å². The van der Waals surface area contributed by atoms with Crippen LogP contribution >= 0.6 is 0 Å². The van der Waals surface area contributed by atoms with E-state index in [0.29, 0.717) is 26.2 Å². The van der Waals surface area contributed by atoms with Gasteiger partial charge in [-0.05, 0) is 6.07 Å². The lowest BCUT2D eigenvalue weighted by molar-refractivity contribution is 0.0604. The number of hydrogen-bond donors (Lipinski definition) is 1. The number of aryl methyl sites for hydroxylation is 1. The van der Waals surface area contributed by atoms with Crippen molar-refractivity contribution in [3.8, 4) is 0 Å². The van der Waals surface area contributed by atoms with E-state index in [1.807, 2.05) is 4.90 Å². The van der Waals surface area contributed by atoms with Crippen LogP contribution in [0.4, 0.5) is 8.78 Å². The van der Waals surface area contributed by atoms with Crippen LogP contribution in [-0.2, 0) is 13.6 Å². The first-order valence-corrected chi connectivity index (χ1v) is 8.08. The van der Waals surface area contributed by atoms with E-state index in [1.165, 1.54) is 25.4 Å². The molecule has 0 bridgehead atoms. The number of aromatic nitrogens is 2. The molecule has 3 rings (SSSR count). The van der Waals surface area contributed by atoms with E-state index < -0.39 is 23.5 Å². The minimum absolute atomic E-state index is 0.0459. The maximum absolute atomic E-state index is 13.8. The molecule has 0 saturated carbocycles. The van der Waals surface area contributed by atoms with Gasteiger partial charge in [-0.2, -0.15) is 5.10 Å². The van der Waals surface area contributed by atoms with Gasteiger partial charge in [0.2, 0.25) is 0 Å². The standard InChI is InChI=1S/C17H18F2N4O3/c1-21-15(17(25)26)12(9-20-21)16(24)23-7-5-22(6-8-23)10-11-3-2-4-13(18)14(11)19/h2-4,9H,5-8,10H2,1H3,(H,25,26). The Bertz CT molecular complexity index is 845. The summed E-state index contributed by atoms with van der Waals surface area (Å²) in [5.41, 5.74) is 0.161. The van der Waals surface area contributed by atoms with Gasteiger partial charge >= 0.3 is 5.97 Å². The summed E-state index contributed by atoms with van der Waals surface area (Å²) in [5, 5.41) is 13.1. The third kappa shape index (κ3) is 3.43. The molecule has 1 saturated heterocycles. The zero-order valence-corrected chi connectivity index (χ0v) is 14.2. The average Bonchev–Trinajstić information content (AvgIpc) is 3.01. The molecule has 1 amide bonds. The first kappa shape index (κ1) is 18.0. The second-order valence-corrected chi connectivity index (χ2v) is 6.12. The van der Waals surface area contributed by atoms with Crippen LogP contribution in [0, 0.1) is 11.6 Å². The number of rotatable bonds is 4. The van der Waals surface area contributed by atoms with Crippen LogP contribution in [0.3, 0.4) is 0 Å². The summed E-state index contributed by atoms with van der Waals surface area (Å²) in [7, 11) is 1.46. The van der Waals surface area contributed by atoms with Crippen molar-refractivity contribution in [3.63, 3.8) is 0 Å². The van der Waals surface area contributed by atoms with E-state index in [0.717, 1.165) is 10.7 Å². The molecular formula is C17H18F2N4O3. The van der Waals surface area contributed by atoms with Crippen LogP contribution in [0.25, 0.3) is 0 Å². The first-order chi connectivity index (χ1) is 12.4. The Morgan fingerprint density at radius 1 is 1.19 bits per heavy atom. The number of carboxylic acids is 1. The Kier molecular flexibility index (Phi) is 4.99.